The van der Waals surface area contributed by atoms with E-state index in [-0.39, 0.29) is 10.6 Å². The highest BCUT2D eigenvalue weighted by atomic mass is 79.9. The zero-order chi connectivity index (χ0) is 13.4. The van der Waals surface area contributed by atoms with Gasteiger partial charge < -0.3 is 4.90 Å². The van der Waals surface area contributed by atoms with Crippen LogP contribution in [0, 0.1) is 10.1 Å². The number of rotatable bonds is 3. The molecular formula is C12H15BrN4O2. The average Bonchev–Trinajstić information content (AvgIpc) is 3.23. The van der Waals surface area contributed by atoms with Crippen molar-refractivity contribution >= 4 is 27.4 Å². The van der Waals surface area contributed by atoms with Gasteiger partial charge in [-0.15, -0.1) is 0 Å². The molecule has 0 radical (unpaired) electrons. The fraction of sp³-hybridized carbons (Fsp3) is 0.583. The predicted molar refractivity (Wildman–Crippen MR) is 75.4 cm³/mol. The summed E-state index contributed by atoms with van der Waals surface area (Å²) < 4.78 is 0.638. The van der Waals surface area contributed by atoms with Crippen molar-refractivity contribution in [2.75, 3.05) is 31.1 Å². The SMILES string of the molecule is O=[N+]([O-])c1cc(Br)cnc1N1CCN(C2CC2)CC1. The van der Waals surface area contributed by atoms with Gasteiger partial charge in [0.05, 0.1) is 4.92 Å². The van der Waals surface area contributed by atoms with Crippen LogP contribution in [0.1, 0.15) is 12.8 Å². The zero-order valence-electron chi connectivity index (χ0n) is 10.5. The van der Waals surface area contributed by atoms with Gasteiger partial charge in [0.1, 0.15) is 0 Å². The van der Waals surface area contributed by atoms with E-state index < -0.39 is 0 Å². The maximum atomic E-state index is 11.1. The van der Waals surface area contributed by atoms with Gasteiger partial charge in [-0.25, -0.2) is 4.98 Å². The third-order valence-electron chi connectivity index (χ3n) is 3.69. The number of piperazine rings is 1. The van der Waals surface area contributed by atoms with E-state index in [1.165, 1.54) is 18.9 Å². The van der Waals surface area contributed by atoms with Gasteiger partial charge in [0.25, 0.3) is 0 Å². The van der Waals surface area contributed by atoms with Crippen LogP contribution in [0.4, 0.5) is 11.5 Å². The number of hydrogen-bond acceptors (Lipinski definition) is 5. The Morgan fingerprint density at radius 3 is 2.58 bits per heavy atom. The molecule has 2 aliphatic rings. The van der Waals surface area contributed by atoms with E-state index in [0.29, 0.717) is 10.3 Å². The Labute approximate surface area is 119 Å². The van der Waals surface area contributed by atoms with Crippen molar-refractivity contribution in [2.45, 2.75) is 18.9 Å². The molecule has 3 rings (SSSR count). The summed E-state index contributed by atoms with van der Waals surface area (Å²) in [6.07, 6.45) is 4.23. The number of halogens is 1. The van der Waals surface area contributed by atoms with E-state index in [0.717, 1.165) is 32.2 Å². The molecule has 1 aromatic rings. The number of nitrogens with zero attached hydrogens (tertiary/aromatic N) is 4. The van der Waals surface area contributed by atoms with Crippen LogP contribution in [0.3, 0.4) is 0 Å². The van der Waals surface area contributed by atoms with Gasteiger partial charge in [-0.3, -0.25) is 15.0 Å². The topological polar surface area (TPSA) is 62.5 Å². The minimum Gasteiger partial charge on any atom is -0.348 e. The van der Waals surface area contributed by atoms with Crippen LogP contribution < -0.4 is 4.90 Å². The van der Waals surface area contributed by atoms with Gasteiger partial charge in [-0.2, -0.15) is 0 Å². The maximum absolute atomic E-state index is 11.1. The van der Waals surface area contributed by atoms with Crippen LogP contribution in [0.15, 0.2) is 16.7 Å². The van der Waals surface area contributed by atoms with Crippen LogP contribution in [0.2, 0.25) is 0 Å². The van der Waals surface area contributed by atoms with Crippen LogP contribution in [0.5, 0.6) is 0 Å². The van der Waals surface area contributed by atoms with Crippen molar-refractivity contribution in [3.8, 4) is 0 Å². The highest BCUT2D eigenvalue weighted by Crippen LogP contribution is 2.31. The normalized spacial score (nSPS) is 20.6. The Kier molecular flexibility index (Phi) is 3.40. The van der Waals surface area contributed by atoms with Gasteiger partial charge in [0.15, 0.2) is 0 Å². The van der Waals surface area contributed by atoms with Crippen molar-refractivity contribution in [2.24, 2.45) is 0 Å². The fourth-order valence-corrected chi connectivity index (χ4v) is 2.86. The molecule has 0 bridgehead atoms. The third-order valence-corrected chi connectivity index (χ3v) is 4.12. The van der Waals surface area contributed by atoms with E-state index in [4.69, 9.17) is 0 Å². The van der Waals surface area contributed by atoms with Gasteiger partial charge >= 0.3 is 5.69 Å². The van der Waals surface area contributed by atoms with Gasteiger partial charge in [0.2, 0.25) is 5.82 Å². The van der Waals surface area contributed by atoms with Crippen molar-refractivity contribution < 1.29 is 4.92 Å². The second kappa shape index (κ2) is 5.05. The summed E-state index contributed by atoms with van der Waals surface area (Å²) in [7, 11) is 0. The van der Waals surface area contributed by atoms with E-state index >= 15 is 0 Å². The number of aromatic nitrogens is 1. The zero-order valence-corrected chi connectivity index (χ0v) is 12.0. The quantitative estimate of drug-likeness (QED) is 0.628. The monoisotopic (exact) mass is 326 g/mol. The Morgan fingerprint density at radius 1 is 1.32 bits per heavy atom. The van der Waals surface area contributed by atoms with Gasteiger partial charge in [-0.05, 0) is 28.8 Å². The Balaban J connectivity index is 1.77. The fourth-order valence-electron chi connectivity index (χ4n) is 2.54. The van der Waals surface area contributed by atoms with Crippen LogP contribution in [-0.2, 0) is 0 Å². The molecule has 0 atom stereocenters. The molecule has 0 N–H and O–H groups in total. The smallest absolute Gasteiger partial charge is 0.312 e. The van der Waals surface area contributed by atoms with Gasteiger partial charge in [0, 0.05) is 49.0 Å². The first-order valence-corrected chi connectivity index (χ1v) is 7.23. The summed E-state index contributed by atoms with van der Waals surface area (Å²) >= 11 is 3.23. The number of nitro groups is 1. The van der Waals surface area contributed by atoms with Crippen LogP contribution >= 0.6 is 15.9 Å². The molecule has 0 aromatic carbocycles. The minimum absolute atomic E-state index is 0.0780. The Hall–Kier alpha value is -1.21. The molecule has 1 aliphatic heterocycles. The molecule has 1 saturated heterocycles. The summed E-state index contributed by atoms with van der Waals surface area (Å²) in [5, 5.41) is 11.1. The third kappa shape index (κ3) is 2.71. The molecule has 2 fully saturated rings. The summed E-state index contributed by atoms with van der Waals surface area (Å²) in [6.45, 7) is 3.57. The predicted octanol–water partition coefficient (Wildman–Crippen LogP) is 2.04. The highest BCUT2D eigenvalue weighted by molar-refractivity contribution is 9.10. The van der Waals surface area contributed by atoms with Crippen molar-refractivity contribution in [3.05, 3.63) is 26.9 Å². The second-order valence-corrected chi connectivity index (χ2v) is 5.92. The molecule has 0 amide bonds. The lowest BCUT2D eigenvalue weighted by Crippen LogP contribution is -2.47. The summed E-state index contributed by atoms with van der Waals surface area (Å²) in [5.74, 6) is 0.489. The van der Waals surface area contributed by atoms with Crippen LogP contribution in [-0.4, -0.2) is 47.0 Å². The standard InChI is InChI=1S/C12H15BrN4O2/c13-9-7-11(17(18)19)12(14-8-9)16-5-3-15(4-6-16)10-1-2-10/h7-8,10H,1-6H2. The molecule has 0 unspecified atom stereocenters. The molecule has 1 aliphatic carbocycles. The Morgan fingerprint density at radius 2 is 2.00 bits per heavy atom. The van der Waals surface area contributed by atoms with E-state index in [1.807, 2.05) is 4.90 Å². The lowest BCUT2D eigenvalue weighted by atomic mass is 10.3. The van der Waals surface area contributed by atoms with E-state index in [1.54, 1.807) is 6.20 Å². The van der Waals surface area contributed by atoms with E-state index in [9.17, 15) is 10.1 Å². The van der Waals surface area contributed by atoms with Crippen molar-refractivity contribution in [1.82, 2.24) is 9.88 Å². The molecule has 19 heavy (non-hydrogen) atoms. The second-order valence-electron chi connectivity index (χ2n) is 5.01. The molecule has 0 spiro atoms. The minimum atomic E-state index is -0.361. The summed E-state index contributed by atoms with van der Waals surface area (Å²) in [5.41, 5.74) is 0.0780. The average molecular weight is 327 g/mol. The Bertz CT molecular complexity index is 499. The lowest BCUT2D eigenvalue weighted by Gasteiger charge is -2.35. The first-order chi connectivity index (χ1) is 9.15. The van der Waals surface area contributed by atoms with E-state index in [2.05, 4.69) is 25.8 Å². The first-order valence-electron chi connectivity index (χ1n) is 6.44. The largest absolute Gasteiger partial charge is 0.348 e. The van der Waals surface area contributed by atoms with Crippen LogP contribution in [0.25, 0.3) is 0 Å². The molecule has 1 aromatic heterocycles. The molecule has 6 nitrogen and oxygen atoms in total. The van der Waals surface area contributed by atoms with Crippen molar-refractivity contribution in [1.29, 1.82) is 0 Å². The molecular weight excluding hydrogens is 312 g/mol. The first kappa shape index (κ1) is 12.8. The highest BCUT2D eigenvalue weighted by Gasteiger charge is 2.32. The molecule has 7 heteroatoms. The summed E-state index contributed by atoms with van der Waals surface area (Å²) in [6, 6.07) is 2.28. The molecule has 1 saturated carbocycles. The summed E-state index contributed by atoms with van der Waals surface area (Å²) in [4.78, 5) is 19.5. The lowest BCUT2D eigenvalue weighted by molar-refractivity contribution is -0.384. The molecule has 2 heterocycles. The number of hydrogen-bond donors (Lipinski definition) is 0. The maximum Gasteiger partial charge on any atom is 0.312 e. The number of anilines is 1. The number of pyridine rings is 1. The van der Waals surface area contributed by atoms with Gasteiger partial charge in [-0.1, -0.05) is 0 Å². The van der Waals surface area contributed by atoms with Crippen molar-refractivity contribution in [3.63, 3.8) is 0 Å². The molecule has 102 valence electrons.